The molecule has 1 aromatic rings. The van der Waals surface area contributed by atoms with Crippen LogP contribution in [0.4, 0.5) is 4.39 Å². The van der Waals surface area contributed by atoms with Crippen molar-refractivity contribution >= 4 is 0 Å². The maximum Gasteiger partial charge on any atom is 0.138 e. The Morgan fingerprint density at radius 2 is 2.33 bits per heavy atom. The normalized spacial score (nSPS) is 12.8. The van der Waals surface area contributed by atoms with Crippen LogP contribution < -0.4 is 5.32 Å². The molecule has 2 N–H and O–H groups in total. The lowest BCUT2D eigenvalue weighted by Gasteiger charge is -2.07. The number of halogens is 1. The van der Waals surface area contributed by atoms with Crippen LogP contribution in [-0.2, 0) is 0 Å². The van der Waals surface area contributed by atoms with Gasteiger partial charge in [-0.05, 0) is 24.7 Å². The highest BCUT2D eigenvalue weighted by atomic mass is 19.1. The van der Waals surface area contributed by atoms with E-state index >= 15 is 0 Å². The van der Waals surface area contributed by atoms with E-state index in [1.54, 1.807) is 19.2 Å². The highest BCUT2D eigenvalue weighted by Gasteiger charge is 2.07. The third kappa shape index (κ3) is 2.20. The Kier molecular flexibility index (Phi) is 3.05. The molecule has 1 atom stereocenters. The monoisotopic (exact) mass is 169 g/mol. The highest BCUT2D eigenvalue weighted by molar-refractivity contribution is 5.28. The van der Waals surface area contributed by atoms with Gasteiger partial charge in [0.25, 0.3) is 0 Å². The number of hydrogen-bond acceptors (Lipinski definition) is 2. The Bertz CT molecular complexity index is 252. The third-order valence-electron chi connectivity index (χ3n) is 1.62. The van der Waals surface area contributed by atoms with E-state index in [0.29, 0.717) is 5.56 Å². The number of hydrogen-bond donors (Lipinski definition) is 2. The summed E-state index contributed by atoms with van der Waals surface area (Å²) in [5.74, 6) is 0.103. The molecule has 0 aliphatic carbocycles. The molecule has 1 aromatic carbocycles. The molecule has 66 valence electrons. The fraction of sp³-hybridized carbons (Fsp3) is 0.333. The number of likely N-dealkylation sites (N-methyl/N-ethyl adjacent to an activating group) is 1. The lowest BCUT2D eigenvalue weighted by Crippen LogP contribution is -2.13. The summed E-state index contributed by atoms with van der Waals surface area (Å²) in [6.45, 7) is 0.267. The molecule has 1 rings (SSSR count). The van der Waals surface area contributed by atoms with E-state index in [1.807, 2.05) is 0 Å². The lowest BCUT2D eigenvalue weighted by atomic mass is 10.1. The third-order valence-corrected chi connectivity index (χ3v) is 1.62. The number of rotatable bonds is 3. The van der Waals surface area contributed by atoms with Crippen LogP contribution in [0.1, 0.15) is 11.7 Å². The smallest absolute Gasteiger partial charge is 0.138 e. The number of nitrogens with one attached hydrogen (secondary N) is 1. The second kappa shape index (κ2) is 4.07. The number of aromatic hydroxyl groups is 1. The summed E-state index contributed by atoms with van der Waals surface area (Å²) < 4.78 is 13.1. The first kappa shape index (κ1) is 9.00. The van der Waals surface area contributed by atoms with Gasteiger partial charge >= 0.3 is 0 Å². The average Bonchev–Trinajstić information content (AvgIpc) is 2.05. The minimum absolute atomic E-state index is 0.103. The average molecular weight is 169 g/mol. The summed E-state index contributed by atoms with van der Waals surface area (Å²) in [4.78, 5) is 0. The molecule has 0 aliphatic rings. The predicted molar refractivity (Wildman–Crippen MR) is 45.9 cm³/mol. The molecule has 0 radical (unpaired) electrons. The number of benzene rings is 1. The zero-order valence-corrected chi connectivity index (χ0v) is 6.92. The summed E-state index contributed by atoms with van der Waals surface area (Å²) in [6.07, 6.45) is -1.05. The Morgan fingerprint density at radius 1 is 1.58 bits per heavy atom. The minimum Gasteiger partial charge on any atom is -0.508 e. The molecule has 2 nitrogen and oxygen atoms in total. The molecule has 0 aromatic heterocycles. The SMILES string of the molecule is CNCC(F)c1cccc(O)c1. The number of alkyl halides is 1. The Labute approximate surface area is 71.0 Å². The molecule has 0 aliphatic heterocycles. The van der Waals surface area contributed by atoms with Gasteiger partial charge in [-0.15, -0.1) is 0 Å². The van der Waals surface area contributed by atoms with Gasteiger partial charge in [-0.1, -0.05) is 12.1 Å². The van der Waals surface area contributed by atoms with Crippen LogP contribution in [0.15, 0.2) is 24.3 Å². The quantitative estimate of drug-likeness (QED) is 0.720. The van der Waals surface area contributed by atoms with Gasteiger partial charge in [0, 0.05) is 6.54 Å². The van der Waals surface area contributed by atoms with E-state index in [0.717, 1.165) is 0 Å². The van der Waals surface area contributed by atoms with Crippen LogP contribution >= 0.6 is 0 Å². The van der Waals surface area contributed by atoms with Crippen molar-refractivity contribution in [2.45, 2.75) is 6.17 Å². The topological polar surface area (TPSA) is 32.3 Å². The predicted octanol–water partition coefficient (Wildman–Crippen LogP) is 1.62. The van der Waals surface area contributed by atoms with Crippen molar-refractivity contribution < 1.29 is 9.50 Å². The van der Waals surface area contributed by atoms with Gasteiger partial charge < -0.3 is 10.4 Å². The molecule has 0 heterocycles. The van der Waals surface area contributed by atoms with Crippen molar-refractivity contribution in [3.05, 3.63) is 29.8 Å². The molecule has 12 heavy (non-hydrogen) atoms. The summed E-state index contributed by atoms with van der Waals surface area (Å²) in [5, 5.41) is 11.8. The number of phenolic OH excluding ortho intramolecular Hbond substituents is 1. The van der Waals surface area contributed by atoms with Crippen LogP contribution in [0.25, 0.3) is 0 Å². The van der Waals surface area contributed by atoms with E-state index < -0.39 is 6.17 Å². The van der Waals surface area contributed by atoms with Crippen molar-refractivity contribution in [3.8, 4) is 5.75 Å². The minimum atomic E-state index is -1.05. The fourth-order valence-electron chi connectivity index (χ4n) is 1.02. The van der Waals surface area contributed by atoms with Gasteiger partial charge in [-0.25, -0.2) is 4.39 Å². The standard InChI is InChI=1S/C9H12FNO/c1-11-6-9(10)7-3-2-4-8(12)5-7/h2-5,9,11-12H,6H2,1H3. The maximum absolute atomic E-state index is 13.1. The first-order valence-electron chi connectivity index (χ1n) is 3.81. The lowest BCUT2D eigenvalue weighted by molar-refractivity contribution is 0.334. The Morgan fingerprint density at radius 3 is 2.92 bits per heavy atom. The first-order chi connectivity index (χ1) is 5.74. The number of phenols is 1. The Balaban J connectivity index is 2.73. The molecule has 1 unspecified atom stereocenters. The molecule has 0 bridgehead atoms. The van der Waals surface area contributed by atoms with Gasteiger partial charge in [0.1, 0.15) is 11.9 Å². The molecular weight excluding hydrogens is 157 g/mol. The van der Waals surface area contributed by atoms with Crippen molar-refractivity contribution in [1.82, 2.24) is 5.32 Å². The molecular formula is C9H12FNO. The first-order valence-corrected chi connectivity index (χ1v) is 3.81. The zero-order valence-electron chi connectivity index (χ0n) is 6.92. The van der Waals surface area contributed by atoms with Gasteiger partial charge in [0.05, 0.1) is 0 Å². The van der Waals surface area contributed by atoms with Gasteiger partial charge in [0.15, 0.2) is 0 Å². The van der Waals surface area contributed by atoms with E-state index in [2.05, 4.69) is 5.32 Å². The van der Waals surface area contributed by atoms with Crippen LogP contribution in [0.2, 0.25) is 0 Å². The van der Waals surface area contributed by atoms with Crippen LogP contribution in [0, 0.1) is 0 Å². The Hall–Kier alpha value is -1.09. The van der Waals surface area contributed by atoms with E-state index in [4.69, 9.17) is 5.11 Å². The molecule has 0 saturated carbocycles. The largest absolute Gasteiger partial charge is 0.508 e. The van der Waals surface area contributed by atoms with Crippen LogP contribution in [0.5, 0.6) is 5.75 Å². The molecule has 0 spiro atoms. The van der Waals surface area contributed by atoms with Crippen molar-refractivity contribution in [3.63, 3.8) is 0 Å². The van der Waals surface area contributed by atoms with Gasteiger partial charge in [-0.3, -0.25) is 0 Å². The second-order valence-corrected chi connectivity index (χ2v) is 2.62. The maximum atomic E-state index is 13.1. The van der Waals surface area contributed by atoms with E-state index in [1.165, 1.54) is 12.1 Å². The molecule has 0 saturated heterocycles. The van der Waals surface area contributed by atoms with Crippen molar-refractivity contribution in [1.29, 1.82) is 0 Å². The summed E-state index contributed by atoms with van der Waals surface area (Å²) in [6, 6.07) is 6.24. The highest BCUT2D eigenvalue weighted by Crippen LogP contribution is 2.20. The van der Waals surface area contributed by atoms with Crippen LogP contribution in [0.3, 0.4) is 0 Å². The summed E-state index contributed by atoms with van der Waals surface area (Å²) in [7, 11) is 1.69. The molecule has 0 amide bonds. The van der Waals surface area contributed by atoms with Crippen LogP contribution in [-0.4, -0.2) is 18.7 Å². The van der Waals surface area contributed by atoms with E-state index in [9.17, 15) is 4.39 Å². The summed E-state index contributed by atoms with van der Waals surface area (Å²) in [5.41, 5.74) is 0.504. The van der Waals surface area contributed by atoms with Crippen molar-refractivity contribution in [2.24, 2.45) is 0 Å². The van der Waals surface area contributed by atoms with E-state index in [-0.39, 0.29) is 12.3 Å². The second-order valence-electron chi connectivity index (χ2n) is 2.62. The van der Waals surface area contributed by atoms with Gasteiger partial charge in [-0.2, -0.15) is 0 Å². The van der Waals surface area contributed by atoms with Crippen molar-refractivity contribution in [2.75, 3.05) is 13.6 Å². The zero-order chi connectivity index (χ0) is 8.97. The van der Waals surface area contributed by atoms with Gasteiger partial charge in [0.2, 0.25) is 0 Å². The summed E-state index contributed by atoms with van der Waals surface area (Å²) >= 11 is 0. The molecule has 3 heteroatoms. The fourth-order valence-corrected chi connectivity index (χ4v) is 1.02. The molecule has 0 fully saturated rings.